The quantitative estimate of drug-likeness (QED) is 0.650. The molecule has 130 valence electrons. The van der Waals surface area contributed by atoms with Crippen molar-refractivity contribution < 1.29 is 9.53 Å². The number of benzene rings is 1. The molecule has 0 aliphatic carbocycles. The minimum Gasteiger partial charge on any atom is -0.464 e. The highest BCUT2D eigenvalue weighted by Gasteiger charge is 2.23. The lowest BCUT2D eigenvalue weighted by atomic mass is 10.0. The molecule has 3 rings (SSSR count). The Morgan fingerprint density at radius 2 is 2.00 bits per heavy atom. The summed E-state index contributed by atoms with van der Waals surface area (Å²) in [7, 11) is 0. The van der Waals surface area contributed by atoms with Gasteiger partial charge in [-0.25, -0.2) is 9.78 Å². The molecular formula is C19H20N2O3S. The molecule has 2 heterocycles. The van der Waals surface area contributed by atoms with E-state index in [2.05, 4.69) is 4.98 Å². The molecule has 2 aromatic heterocycles. The van der Waals surface area contributed by atoms with Crippen molar-refractivity contribution in [3.8, 4) is 11.1 Å². The summed E-state index contributed by atoms with van der Waals surface area (Å²) in [6.07, 6.45) is 1.92. The second kappa shape index (κ2) is 7.19. The van der Waals surface area contributed by atoms with Gasteiger partial charge in [0.15, 0.2) is 0 Å². The Hall–Kier alpha value is -2.47. The number of hydrogen-bond acceptors (Lipinski definition) is 5. The summed E-state index contributed by atoms with van der Waals surface area (Å²) >= 11 is 1.43. The molecule has 0 aliphatic heterocycles. The smallest absolute Gasteiger partial charge is 0.329 e. The van der Waals surface area contributed by atoms with E-state index in [4.69, 9.17) is 4.74 Å². The zero-order valence-electron chi connectivity index (χ0n) is 14.5. The lowest BCUT2D eigenvalue weighted by Gasteiger charge is -2.16. The Morgan fingerprint density at radius 3 is 2.64 bits per heavy atom. The van der Waals surface area contributed by atoms with Crippen LogP contribution in [0.1, 0.15) is 31.9 Å². The van der Waals surface area contributed by atoms with Crippen LogP contribution in [0.15, 0.2) is 40.8 Å². The number of carbonyl (C=O) groups is 1. The summed E-state index contributed by atoms with van der Waals surface area (Å²) < 4.78 is 6.50. The maximum atomic E-state index is 13.1. The van der Waals surface area contributed by atoms with Gasteiger partial charge in [0.1, 0.15) is 10.9 Å². The molecule has 0 saturated carbocycles. The van der Waals surface area contributed by atoms with Gasteiger partial charge in [-0.2, -0.15) is 0 Å². The molecule has 0 radical (unpaired) electrons. The number of fused-ring (bicyclic) bond motifs is 1. The second-order valence-electron chi connectivity index (χ2n) is 5.83. The van der Waals surface area contributed by atoms with Gasteiger partial charge in [-0.1, -0.05) is 36.8 Å². The molecule has 0 saturated heterocycles. The van der Waals surface area contributed by atoms with Gasteiger partial charge in [-0.3, -0.25) is 9.36 Å². The maximum Gasteiger partial charge on any atom is 0.329 e. The fraction of sp³-hybridized carbons (Fsp3) is 0.316. The fourth-order valence-electron chi connectivity index (χ4n) is 2.83. The number of ether oxygens (including phenoxy) is 1. The minimum absolute atomic E-state index is 0.207. The Morgan fingerprint density at radius 1 is 1.28 bits per heavy atom. The van der Waals surface area contributed by atoms with Gasteiger partial charge in [-0.15, -0.1) is 11.3 Å². The summed E-state index contributed by atoms with van der Waals surface area (Å²) in [6, 6.07) is 7.37. The number of rotatable bonds is 5. The second-order valence-corrected chi connectivity index (χ2v) is 6.69. The zero-order valence-corrected chi connectivity index (χ0v) is 15.3. The molecule has 5 nitrogen and oxygen atoms in total. The normalized spacial score (nSPS) is 12.3. The Balaban J connectivity index is 2.16. The van der Waals surface area contributed by atoms with E-state index >= 15 is 0 Å². The molecule has 0 spiro atoms. The average molecular weight is 356 g/mol. The Kier molecular flexibility index (Phi) is 4.99. The molecule has 0 aliphatic rings. The molecule has 1 atom stereocenters. The van der Waals surface area contributed by atoms with Crippen molar-refractivity contribution in [1.29, 1.82) is 0 Å². The molecule has 1 aromatic carbocycles. The van der Waals surface area contributed by atoms with E-state index in [9.17, 15) is 9.59 Å². The van der Waals surface area contributed by atoms with E-state index in [0.29, 0.717) is 16.6 Å². The number of aryl methyl sites for hydroxylation is 1. The highest BCUT2D eigenvalue weighted by molar-refractivity contribution is 7.17. The van der Waals surface area contributed by atoms with Gasteiger partial charge in [-0.05, 0) is 25.8 Å². The summed E-state index contributed by atoms with van der Waals surface area (Å²) in [5.41, 5.74) is 2.78. The van der Waals surface area contributed by atoms with E-state index in [-0.39, 0.29) is 12.2 Å². The van der Waals surface area contributed by atoms with Crippen LogP contribution in [0, 0.1) is 6.92 Å². The van der Waals surface area contributed by atoms with Crippen LogP contribution in [0.2, 0.25) is 0 Å². The molecule has 3 aromatic rings. The van der Waals surface area contributed by atoms with Crippen molar-refractivity contribution in [2.45, 2.75) is 33.2 Å². The SMILES string of the molecule is CCOC(=O)[C@H](CC)n1cnc2scc(-c3ccc(C)cc3)c2c1=O. The summed E-state index contributed by atoms with van der Waals surface area (Å²) in [6.45, 7) is 5.91. The molecule has 0 bridgehead atoms. The minimum atomic E-state index is -0.657. The lowest BCUT2D eigenvalue weighted by molar-refractivity contribution is -0.147. The maximum absolute atomic E-state index is 13.1. The van der Waals surface area contributed by atoms with Crippen molar-refractivity contribution >= 4 is 27.5 Å². The third-order valence-electron chi connectivity index (χ3n) is 4.16. The zero-order chi connectivity index (χ0) is 18.0. The largest absolute Gasteiger partial charge is 0.464 e. The Labute approximate surface area is 149 Å². The molecule has 0 fully saturated rings. The van der Waals surface area contributed by atoms with Crippen molar-refractivity contribution in [3.05, 3.63) is 51.9 Å². The standard InChI is InChI=1S/C19H20N2O3S/c1-4-15(19(23)24-5-2)21-11-20-17-16(18(21)22)14(10-25-17)13-8-6-12(3)7-9-13/h6-11,15H,4-5H2,1-3H3/t15-/m0/s1. The highest BCUT2D eigenvalue weighted by atomic mass is 32.1. The van der Waals surface area contributed by atoms with Gasteiger partial charge >= 0.3 is 5.97 Å². The van der Waals surface area contributed by atoms with Gasteiger partial charge in [0, 0.05) is 10.9 Å². The predicted octanol–water partition coefficient (Wildman–Crippen LogP) is 3.95. The summed E-state index contributed by atoms with van der Waals surface area (Å²) in [5.74, 6) is -0.402. The first kappa shape index (κ1) is 17.4. The topological polar surface area (TPSA) is 61.2 Å². The van der Waals surface area contributed by atoms with Crippen molar-refractivity contribution in [2.75, 3.05) is 6.61 Å². The van der Waals surface area contributed by atoms with Crippen molar-refractivity contribution in [1.82, 2.24) is 9.55 Å². The van der Waals surface area contributed by atoms with Crippen LogP contribution in [0.4, 0.5) is 0 Å². The monoisotopic (exact) mass is 356 g/mol. The van der Waals surface area contributed by atoms with Crippen LogP contribution >= 0.6 is 11.3 Å². The first-order valence-corrected chi connectivity index (χ1v) is 9.16. The van der Waals surface area contributed by atoms with Crippen molar-refractivity contribution in [3.63, 3.8) is 0 Å². The number of aromatic nitrogens is 2. The molecule has 0 amide bonds. The lowest BCUT2D eigenvalue weighted by Crippen LogP contribution is -2.31. The third kappa shape index (κ3) is 3.22. The van der Waals surface area contributed by atoms with Crippen LogP contribution in [-0.4, -0.2) is 22.1 Å². The third-order valence-corrected chi connectivity index (χ3v) is 5.05. The van der Waals surface area contributed by atoms with Crippen LogP contribution < -0.4 is 5.56 Å². The molecule has 25 heavy (non-hydrogen) atoms. The van der Waals surface area contributed by atoms with Gasteiger partial charge in [0.05, 0.1) is 18.3 Å². The van der Waals surface area contributed by atoms with Crippen LogP contribution in [0.5, 0.6) is 0 Å². The average Bonchev–Trinajstić information content (AvgIpc) is 3.03. The van der Waals surface area contributed by atoms with E-state index < -0.39 is 12.0 Å². The fourth-order valence-corrected chi connectivity index (χ4v) is 3.74. The number of thiophene rings is 1. The first-order valence-electron chi connectivity index (χ1n) is 8.28. The van der Waals surface area contributed by atoms with E-state index in [0.717, 1.165) is 16.7 Å². The van der Waals surface area contributed by atoms with Gasteiger partial charge < -0.3 is 4.74 Å². The predicted molar refractivity (Wildman–Crippen MR) is 100 cm³/mol. The first-order chi connectivity index (χ1) is 12.1. The summed E-state index contributed by atoms with van der Waals surface area (Å²) in [5, 5.41) is 2.50. The molecule has 0 N–H and O–H groups in total. The Bertz CT molecular complexity index is 957. The highest BCUT2D eigenvalue weighted by Crippen LogP contribution is 2.31. The molecular weight excluding hydrogens is 336 g/mol. The van der Waals surface area contributed by atoms with Gasteiger partial charge in [0.2, 0.25) is 0 Å². The number of carbonyl (C=O) groups excluding carboxylic acids is 1. The van der Waals surface area contributed by atoms with E-state index in [1.165, 1.54) is 22.2 Å². The van der Waals surface area contributed by atoms with Crippen LogP contribution in [0.3, 0.4) is 0 Å². The van der Waals surface area contributed by atoms with Gasteiger partial charge in [0.25, 0.3) is 5.56 Å². The molecule has 0 unspecified atom stereocenters. The van der Waals surface area contributed by atoms with E-state index in [1.807, 2.05) is 43.5 Å². The number of nitrogens with zero attached hydrogens (tertiary/aromatic N) is 2. The molecule has 6 heteroatoms. The number of esters is 1. The van der Waals surface area contributed by atoms with Crippen LogP contribution in [0.25, 0.3) is 21.3 Å². The van der Waals surface area contributed by atoms with Crippen molar-refractivity contribution in [2.24, 2.45) is 0 Å². The van der Waals surface area contributed by atoms with E-state index in [1.54, 1.807) is 6.92 Å². The number of hydrogen-bond donors (Lipinski definition) is 0. The van der Waals surface area contributed by atoms with Crippen LogP contribution in [-0.2, 0) is 9.53 Å². The summed E-state index contributed by atoms with van der Waals surface area (Å²) in [4.78, 5) is 30.3.